The number of ether oxygens (including phenoxy) is 2. The molecule has 24 heavy (non-hydrogen) atoms. The molecule has 0 saturated carbocycles. The number of pyridine rings is 1. The van der Waals surface area contributed by atoms with E-state index in [-0.39, 0.29) is 12.2 Å². The Kier molecular flexibility index (Phi) is 8.08. The first-order valence-electron chi connectivity index (χ1n) is 7.71. The number of alkyl halides is 3. The van der Waals surface area contributed by atoms with Crippen molar-refractivity contribution < 1.29 is 32.9 Å². The van der Waals surface area contributed by atoms with Gasteiger partial charge in [-0.1, -0.05) is 6.07 Å². The number of hydrogen-bond donors (Lipinski definition) is 2. The van der Waals surface area contributed by atoms with Crippen LogP contribution in [0.25, 0.3) is 0 Å². The Morgan fingerprint density at radius 1 is 1.33 bits per heavy atom. The van der Waals surface area contributed by atoms with Gasteiger partial charge in [0.25, 0.3) is 0 Å². The van der Waals surface area contributed by atoms with Gasteiger partial charge in [-0.25, -0.2) is 4.98 Å². The zero-order valence-electron chi connectivity index (χ0n) is 14.0. The molecule has 0 aromatic carbocycles. The average Bonchev–Trinajstić information content (AvgIpc) is 2.48. The Labute approximate surface area is 139 Å². The van der Waals surface area contributed by atoms with E-state index in [0.29, 0.717) is 25.3 Å². The highest BCUT2D eigenvalue weighted by Crippen LogP contribution is 2.27. The van der Waals surface area contributed by atoms with Gasteiger partial charge in [0.2, 0.25) is 0 Å². The fraction of sp³-hybridized carbons (Fsp3) is 0.688. The summed E-state index contributed by atoms with van der Waals surface area (Å²) in [5.74, 6) is 0. The molecule has 0 aliphatic carbocycles. The number of hydrogen-bond acceptors (Lipinski definition) is 5. The van der Waals surface area contributed by atoms with Crippen LogP contribution in [0.5, 0.6) is 0 Å². The van der Waals surface area contributed by atoms with Crippen LogP contribution in [-0.2, 0) is 15.7 Å². The summed E-state index contributed by atoms with van der Waals surface area (Å²) in [5.41, 5.74) is -0.461. The molecule has 8 heteroatoms. The van der Waals surface area contributed by atoms with E-state index < -0.39 is 24.1 Å². The van der Waals surface area contributed by atoms with Gasteiger partial charge in [0, 0.05) is 12.3 Å². The first-order valence-corrected chi connectivity index (χ1v) is 7.71. The lowest BCUT2D eigenvalue weighted by atomic mass is 10.0. The quantitative estimate of drug-likeness (QED) is 0.875. The summed E-state index contributed by atoms with van der Waals surface area (Å²) in [6.07, 6.45) is -5.58. The van der Waals surface area contributed by atoms with E-state index in [9.17, 15) is 23.4 Å². The van der Waals surface area contributed by atoms with E-state index >= 15 is 0 Å². The van der Waals surface area contributed by atoms with Gasteiger partial charge in [0.15, 0.2) is 0 Å². The molecular weight excluding hydrogens is 327 g/mol. The van der Waals surface area contributed by atoms with Crippen LogP contribution in [0.1, 0.15) is 31.7 Å². The van der Waals surface area contributed by atoms with Gasteiger partial charge < -0.3 is 19.7 Å². The minimum atomic E-state index is -4.33. The van der Waals surface area contributed by atoms with Crippen molar-refractivity contribution in [3.8, 4) is 0 Å². The fourth-order valence-corrected chi connectivity index (χ4v) is 1.99. The minimum Gasteiger partial charge on any atom is -0.390 e. The van der Waals surface area contributed by atoms with Gasteiger partial charge in [0.05, 0.1) is 18.8 Å². The van der Waals surface area contributed by atoms with Crippen molar-refractivity contribution in [3.63, 3.8) is 0 Å². The molecule has 138 valence electrons. The molecule has 1 aliphatic rings. The van der Waals surface area contributed by atoms with Crippen LogP contribution in [0.3, 0.4) is 0 Å². The van der Waals surface area contributed by atoms with E-state index in [1.54, 1.807) is 0 Å². The maximum Gasteiger partial charge on any atom is 0.433 e. The highest BCUT2D eigenvalue weighted by atomic mass is 19.4. The molecule has 1 aromatic rings. The van der Waals surface area contributed by atoms with Crippen LogP contribution in [0.2, 0.25) is 0 Å². The average molecular weight is 351 g/mol. The molecule has 2 heterocycles. The molecule has 1 fully saturated rings. The first kappa shape index (κ1) is 20.8. The monoisotopic (exact) mass is 351 g/mol. The van der Waals surface area contributed by atoms with Crippen molar-refractivity contribution in [2.24, 2.45) is 0 Å². The second-order valence-electron chi connectivity index (χ2n) is 5.80. The standard InChI is InChI=1S/C9H18O4.C7H6F3N/c1-6(2)13-5-8-9(11)7(10)3-4-12-8;1-5-3-2-4-6(11-5)7(8,9)10/h6-11H,3-5H2,1-2H3;2-4H,1H3. The minimum absolute atomic E-state index is 0.120. The third-order valence-corrected chi connectivity index (χ3v) is 3.29. The third-order valence-electron chi connectivity index (χ3n) is 3.29. The molecule has 0 spiro atoms. The Bertz CT molecular complexity index is 496. The topological polar surface area (TPSA) is 71.8 Å². The van der Waals surface area contributed by atoms with Gasteiger partial charge in [-0.2, -0.15) is 13.2 Å². The summed E-state index contributed by atoms with van der Waals surface area (Å²) in [6.45, 7) is 6.20. The van der Waals surface area contributed by atoms with Crippen LogP contribution in [0.4, 0.5) is 13.2 Å². The van der Waals surface area contributed by atoms with Gasteiger partial charge in [0.1, 0.15) is 17.9 Å². The van der Waals surface area contributed by atoms with Crippen molar-refractivity contribution in [2.75, 3.05) is 13.2 Å². The van der Waals surface area contributed by atoms with Gasteiger partial charge in [-0.3, -0.25) is 0 Å². The van der Waals surface area contributed by atoms with E-state index in [2.05, 4.69) is 4.98 Å². The molecular formula is C16H24F3NO4. The highest BCUT2D eigenvalue weighted by molar-refractivity contribution is 5.12. The van der Waals surface area contributed by atoms with Gasteiger partial charge in [-0.05, 0) is 39.3 Å². The fourth-order valence-electron chi connectivity index (χ4n) is 1.99. The van der Waals surface area contributed by atoms with Crippen molar-refractivity contribution in [1.82, 2.24) is 4.98 Å². The molecule has 3 unspecified atom stereocenters. The molecule has 1 aliphatic heterocycles. The predicted molar refractivity (Wildman–Crippen MR) is 81.4 cm³/mol. The summed E-state index contributed by atoms with van der Waals surface area (Å²) in [4.78, 5) is 3.32. The third kappa shape index (κ3) is 7.12. The summed E-state index contributed by atoms with van der Waals surface area (Å²) >= 11 is 0. The summed E-state index contributed by atoms with van der Waals surface area (Å²) in [5, 5.41) is 18.8. The lowest BCUT2D eigenvalue weighted by Gasteiger charge is -2.32. The smallest absolute Gasteiger partial charge is 0.390 e. The van der Waals surface area contributed by atoms with Crippen molar-refractivity contribution in [3.05, 3.63) is 29.6 Å². The molecule has 1 saturated heterocycles. The van der Waals surface area contributed by atoms with Crippen LogP contribution in [-0.4, -0.2) is 52.8 Å². The maximum absolute atomic E-state index is 11.9. The number of halogens is 3. The number of nitrogens with zero attached hydrogens (tertiary/aromatic N) is 1. The van der Waals surface area contributed by atoms with Crippen LogP contribution < -0.4 is 0 Å². The number of rotatable bonds is 3. The maximum atomic E-state index is 11.9. The molecule has 0 radical (unpaired) electrons. The first-order chi connectivity index (χ1) is 11.1. The van der Waals surface area contributed by atoms with E-state index in [4.69, 9.17) is 9.47 Å². The lowest BCUT2D eigenvalue weighted by Crippen LogP contribution is -2.47. The summed E-state index contributed by atoms with van der Waals surface area (Å²) in [6, 6.07) is 3.81. The zero-order valence-corrected chi connectivity index (χ0v) is 14.0. The highest BCUT2D eigenvalue weighted by Gasteiger charge is 2.32. The Balaban J connectivity index is 0.000000243. The van der Waals surface area contributed by atoms with Crippen molar-refractivity contribution >= 4 is 0 Å². The summed E-state index contributed by atoms with van der Waals surface area (Å²) in [7, 11) is 0. The predicted octanol–water partition coefficient (Wildman–Crippen LogP) is 2.33. The summed E-state index contributed by atoms with van der Waals surface area (Å²) < 4.78 is 46.3. The lowest BCUT2D eigenvalue weighted by molar-refractivity contribution is -0.159. The normalized spacial score (nSPS) is 24.5. The molecule has 0 bridgehead atoms. The molecule has 2 rings (SSSR count). The van der Waals surface area contributed by atoms with Crippen molar-refractivity contribution in [2.45, 2.75) is 57.8 Å². The zero-order chi connectivity index (χ0) is 18.3. The van der Waals surface area contributed by atoms with Gasteiger partial charge in [-0.15, -0.1) is 0 Å². The number of aryl methyl sites for hydroxylation is 1. The number of aliphatic hydroxyl groups is 2. The van der Waals surface area contributed by atoms with Gasteiger partial charge >= 0.3 is 6.18 Å². The Morgan fingerprint density at radius 3 is 2.50 bits per heavy atom. The second kappa shape index (κ2) is 9.31. The van der Waals surface area contributed by atoms with E-state index in [1.165, 1.54) is 19.1 Å². The van der Waals surface area contributed by atoms with Crippen molar-refractivity contribution in [1.29, 1.82) is 0 Å². The molecule has 0 amide bonds. The van der Waals surface area contributed by atoms with E-state index in [1.807, 2.05) is 13.8 Å². The largest absolute Gasteiger partial charge is 0.433 e. The number of aliphatic hydroxyl groups excluding tert-OH is 2. The second-order valence-corrected chi connectivity index (χ2v) is 5.80. The SMILES string of the molecule is CC(C)OCC1OCCC(O)C1O.Cc1cccc(C(F)(F)F)n1. The number of aromatic nitrogens is 1. The Morgan fingerprint density at radius 2 is 2.00 bits per heavy atom. The molecule has 5 nitrogen and oxygen atoms in total. The molecule has 1 aromatic heterocycles. The van der Waals surface area contributed by atoms with Crippen LogP contribution in [0, 0.1) is 6.92 Å². The Hall–Kier alpha value is -1.22. The molecule has 2 N–H and O–H groups in total. The van der Waals surface area contributed by atoms with Crippen LogP contribution >= 0.6 is 0 Å². The molecule has 3 atom stereocenters. The van der Waals surface area contributed by atoms with Crippen LogP contribution in [0.15, 0.2) is 18.2 Å². The van der Waals surface area contributed by atoms with E-state index in [0.717, 1.165) is 6.07 Å².